The molecule has 1 aliphatic heterocycles. The summed E-state index contributed by atoms with van der Waals surface area (Å²) in [7, 11) is 0. The maximum atomic E-state index is 12.0. The summed E-state index contributed by atoms with van der Waals surface area (Å²) < 4.78 is 0. The van der Waals surface area contributed by atoms with Gasteiger partial charge < -0.3 is 15.5 Å². The lowest BCUT2D eigenvalue weighted by Crippen LogP contribution is -2.53. The zero-order chi connectivity index (χ0) is 13.7. The summed E-state index contributed by atoms with van der Waals surface area (Å²) in [6.07, 6.45) is 0. The molecule has 5 nitrogen and oxygen atoms in total. The van der Waals surface area contributed by atoms with Crippen LogP contribution < -0.4 is 10.6 Å². The largest absolute Gasteiger partial charge is 0.343 e. The number of nitrogens with zero attached hydrogens (tertiary/aromatic N) is 1. The SMILES string of the molecule is CC1CN(C(=O)CNC(=O)c2ccccc2)CCN1.Cl. The Hall–Kier alpha value is -1.59. The summed E-state index contributed by atoms with van der Waals surface area (Å²) >= 11 is 0. The van der Waals surface area contributed by atoms with Crippen molar-refractivity contribution in [1.29, 1.82) is 0 Å². The van der Waals surface area contributed by atoms with Gasteiger partial charge in [0.25, 0.3) is 5.91 Å². The number of hydrogen-bond acceptors (Lipinski definition) is 3. The first kappa shape index (κ1) is 16.5. The summed E-state index contributed by atoms with van der Waals surface area (Å²) in [6.45, 7) is 4.30. The number of piperazine rings is 1. The number of nitrogens with one attached hydrogen (secondary N) is 2. The van der Waals surface area contributed by atoms with Gasteiger partial charge in [-0.3, -0.25) is 9.59 Å². The van der Waals surface area contributed by atoms with Crippen molar-refractivity contribution in [3.63, 3.8) is 0 Å². The predicted octanol–water partition coefficient (Wildman–Crippen LogP) is 0.658. The molecule has 0 saturated carbocycles. The third-order valence-corrected chi connectivity index (χ3v) is 3.16. The zero-order valence-corrected chi connectivity index (χ0v) is 12.3. The van der Waals surface area contributed by atoms with Crippen molar-refractivity contribution in [3.8, 4) is 0 Å². The Balaban J connectivity index is 0.00000200. The van der Waals surface area contributed by atoms with Crippen LogP contribution in [0.4, 0.5) is 0 Å². The maximum absolute atomic E-state index is 12.0. The number of hydrogen-bond donors (Lipinski definition) is 2. The molecule has 20 heavy (non-hydrogen) atoms. The lowest BCUT2D eigenvalue weighted by atomic mass is 10.2. The van der Waals surface area contributed by atoms with Crippen LogP contribution in [0.5, 0.6) is 0 Å². The number of benzene rings is 1. The first-order valence-electron chi connectivity index (χ1n) is 6.51. The number of carbonyl (C=O) groups is 2. The third kappa shape index (κ3) is 4.51. The van der Waals surface area contributed by atoms with Crippen molar-refractivity contribution in [2.24, 2.45) is 0 Å². The molecule has 110 valence electrons. The minimum Gasteiger partial charge on any atom is -0.343 e. The molecule has 1 unspecified atom stereocenters. The van der Waals surface area contributed by atoms with E-state index in [1.165, 1.54) is 0 Å². The molecule has 0 bridgehead atoms. The van der Waals surface area contributed by atoms with Crippen LogP contribution in [-0.2, 0) is 4.79 Å². The molecule has 6 heteroatoms. The van der Waals surface area contributed by atoms with Crippen molar-refractivity contribution < 1.29 is 9.59 Å². The standard InChI is InChI=1S/C14H19N3O2.ClH/c1-11-10-17(8-7-15-11)13(18)9-16-14(19)12-5-3-2-4-6-12;/h2-6,11,15H,7-10H2,1H3,(H,16,19);1H. The fourth-order valence-electron chi connectivity index (χ4n) is 2.12. The van der Waals surface area contributed by atoms with E-state index in [2.05, 4.69) is 10.6 Å². The second-order valence-corrected chi connectivity index (χ2v) is 4.74. The first-order chi connectivity index (χ1) is 9.16. The van der Waals surface area contributed by atoms with Crippen LogP contribution in [0.1, 0.15) is 17.3 Å². The fraction of sp³-hybridized carbons (Fsp3) is 0.429. The molecule has 0 aromatic heterocycles. The lowest BCUT2D eigenvalue weighted by molar-refractivity contribution is -0.131. The molecular formula is C14H20ClN3O2. The van der Waals surface area contributed by atoms with Gasteiger partial charge in [-0.2, -0.15) is 0 Å². The van der Waals surface area contributed by atoms with Crippen molar-refractivity contribution in [3.05, 3.63) is 35.9 Å². The Morgan fingerprint density at radius 1 is 1.35 bits per heavy atom. The Morgan fingerprint density at radius 2 is 2.05 bits per heavy atom. The van der Waals surface area contributed by atoms with Gasteiger partial charge >= 0.3 is 0 Å². The molecule has 0 radical (unpaired) electrons. The molecule has 0 aliphatic carbocycles. The number of halogens is 1. The van der Waals surface area contributed by atoms with E-state index in [0.717, 1.165) is 6.54 Å². The van der Waals surface area contributed by atoms with Crippen LogP contribution in [-0.4, -0.2) is 48.9 Å². The van der Waals surface area contributed by atoms with E-state index in [1.54, 1.807) is 29.2 Å². The summed E-state index contributed by atoms with van der Waals surface area (Å²) in [4.78, 5) is 25.5. The maximum Gasteiger partial charge on any atom is 0.251 e. The Labute approximate surface area is 125 Å². The summed E-state index contributed by atoms with van der Waals surface area (Å²) in [6, 6.07) is 9.22. The van der Waals surface area contributed by atoms with E-state index in [0.29, 0.717) is 24.7 Å². The van der Waals surface area contributed by atoms with Crippen LogP contribution in [0.3, 0.4) is 0 Å². The molecule has 1 aromatic rings. The van der Waals surface area contributed by atoms with Crippen LogP contribution in [0.2, 0.25) is 0 Å². The highest BCUT2D eigenvalue weighted by Crippen LogP contribution is 2.00. The molecule has 1 atom stereocenters. The molecule has 2 N–H and O–H groups in total. The van der Waals surface area contributed by atoms with Crippen molar-refractivity contribution in [1.82, 2.24) is 15.5 Å². The van der Waals surface area contributed by atoms with Gasteiger partial charge in [0.15, 0.2) is 0 Å². The molecule has 2 rings (SSSR count). The number of rotatable bonds is 3. The summed E-state index contributed by atoms with van der Waals surface area (Å²) in [5.41, 5.74) is 0.573. The van der Waals surface area contributed by atoms with Gasteiger partial charge in [-0.1, -0.05) is 18.2 Å². The van der Waals surface area contributed by atoms with Crippen LogP contribution in [0, 0.1) is 0 Å². The highest BCUT2D eigenvalue weighted by molar-refractivity contribution is 5.96. The van der Waals surface area contributed by atoms with E-state index < -0.39 is 0 Å². The van der Waals surface area contributed by atoms with E-state index in [4.69, 9.17) is 0 Å². The monoisotopic (exact) mass is 297 g/mol. The highest BCUT2D eigenvalue weighted by atomic mass is 35.5. The quantitative estimate of drug-likeness (QED) is 0.861. The lowest BCUT2D eigenvalue weighted by Gasteiger charge is -2.31. The molecule has 1 saturated heterocycles. The Morgan fingerprint density at radius 3 is 2.70 bits per heavy atom. The van der Waals surface area contributed by atoms with Crippen molar-refractivity contribution in [2.45, 2.75) is 13.0 Å². The summed E-state index contributed by atoms with van der Waals surface area (Å²) in [5.74, 6) is -0.241. The summed E-state index contributed by atoms with van der Waals surface area (Å²) in [5, 5.41) is 5.94. The predicted molar refractivity (Wildman–Crippen MR) is 80.1 cm³/mol. The van der Waals surface area contributed by atoms with E-state index in [1.807, 2.05) is 13.0 Å². The smallest absolute Gasteiger partial charge is 0.251 e. The topological polar surface area (TPSA) is 61.4 Å². The van der Waals surface area contributed by atoms with E-state index >= 15 is 0 Å². The second kappa shape index (κ2) is 7.87. The fourth-order valence-corrected chi connectivity index (χ4v) is 2.12. The average Bonchev–Trinajstić information content (AvgIpc) is 2.45. The number of carbonyl (C=O) groups excluding carboxylic acids is 2. The van der Waals surface area contributed by atoms with Gasteiger partial charge in [0.1, 0.15) is 0 Å². The Kier molecular flexibility index (Phi) is 6.48. The van der Waals surface area contributed by atoms with E-state index in [9.17, 15) is 9.59 Å². The molecule has 2 amide bonds. The third-order valence-electron chi connectivity index (χ3n) is 3.16. The van der Waals surface area contributed by atoms with E-state index in [-0.39, 0.29) is 30.8 Å². The van der Waals surface area contributed by atoms with Crippen molar-refractivity contribution >= 4 is 24.2 Å². The number of amides is 2. The molecular weight excluding hydrogens is 278 g/mol. The zero-order valence-electron chi connectivity index (χ0n) is 11.5. The van der Waals surface area contributed by atoms with Gasteiger partial charge in [-0.25, -0.2) is 0 Å². The van der Waals surface area contributed by atoms with Gasteiger partial charge in [0, 0.05) is 31.2 Å². The first-order valence-corrected chi connectivity index (χ1v) is 6.51. The minimum atomic E-state index is -0.211. The molecule has 1 fully saturated rings. The highest BCUT2D eigenvalue weighted by Gasteiger charge is 2.20. The van der Waals surface area contributed by atoms with Crippen LogP contribution >= 0.6 is 12.4 Å². The normalized spacial score (nSPS) is 18.1. The molecule has 1 heterocycles. The van der Waals surface area contributed by atoms with Crippen LogP contribution in [0.25, 0.3) is 0 Å². The minimum absolute atomic E-state index is 0. The Bertz CT molecular complexity index is 453. The molecule has 0 spiro atoms. The second-order valence-electron chi connectivity index (χ2n) is 4.74. The average molecular weight is 298 g/mol. The van der Waals surface area contributed by atoms with Crippen molar-refractivity contribution in [2.75, 3.05) is 26.2 Å². The van der Waals surface area contributed by atoms with Gasteiger partial charge in [-0.15, -0.1) is 12.4 Å². The van der Waals surface area contributed by atoms with Gasteiger partial charge in [0.2, 0.25) is 5.91 Å². The van der Waals surface area contributed by atoms with Crippen LogP contribution in [0.15, 0.2) is 30.3 Å². The van der Waals surface area contributed by atoms with Gasteiger partial charge in [0.05, 0.1) is 6.54 Å². The molecule has 1 aliphatic rings. The van der Waals surface area contributed by atoms with Gasteiger partial charge in [-0.05, 0) is 19.1 Å². The molecule has 1 aromatic carbocycles.